The van der Waals surface area contributed by atoms with Crippen molar-refractivity contribution >= 4 is 74.9 Å². The second-order valence-corrected chi connectivity index (χ2v) is 11.3. The molecule has 0 aromatic heterocycles. The molecular weight excluding hydrogens is 511 g/mol. The standard InChI is InChI=1S/C22H21Cl3N2O3S2/c1-12(30-17-10-15(24)14(23)9-16(17)25)19(28)26-18-20(29)27(21(31)32-22(18,2)3)11-13-7-5-4-6-8-13/h4-10,12,18H,11H2,1-3H3,(H,26,28). The van der Waals surface area contributed by atoms with Crippen molar-refractivity contribution < 1.29 is 14.3 Å². The van der Waals surface area contributed by atoms with Crippen molar-refractivity contribution in [3.05, 3.63) is 63.1 Å². The summed E-state index contributed by atoms with van der Waals surface area (Å²) in [5.41, 5.74) is 0.944. The zero-order valence-corrected chi connectivity index (χ0v) is 21.4. The molecule has 32 heavy (non-hydrogen) atoms. The third-order valence-corrected chi connectivity index (χ3v) is 7.54. The van der Waals surface area contributed by atoms with Gasteiger partial charge in [-0.15, -0.1) is 0 Å². The van der Waals surface area contributed by atoms with E-state index in [9.17, 15) is 9.59 Å². The fraction of sp³-hybridized carbons (Fsp3) is 0.318. The van der Waals surface area contributed by atoms with Crippen LogP contribution in [0.5, 0.6) is 5.75 Å². The maximum atomic E-state index is 13.3. The molecule has 2 unspecified atom stereocenters. The van der Waals surface area contributed by atoms with Crippen molar-refractivity contribution in [2.24, 2.45) is 0 Å². The number of carbonyl (C=O) groups excluding carboxylic acids is 2. The molecule has 0 saturated carbocycles. The highest BCUT2D eigenvalue weighted by molar-refractivity contribution is 8.24. The van der Waals surface area contributed by atoms with Crippen molar-refractivity contribution in [1.82, 2.24) is 10.2 Å². The largest absolute Gasteiger partial charge is 0.479 e. The van der Waals surface area contributed by atoms with Gasteiger partial charge in [0.1, 0.15) is 16.1 Å². The number of halogens is 3. The molecule has 0 bridgehead atoms. The van der Waals surface area contributed by atoms with Gasteiger partial charge >= 0.3 is 0 Å². The number of nitrogens with zero attached hydrogens (tertiary/aromatic N) is 1. The number of thiocarbonyl (C=S) groups is 1. The van der Waals surface area contributed by atoms with Gasteiger partial charge in [-0.2, -0.15) is 0 Å². The number of hydrogen-bond donors (Lipinski definition) is 1. The van der Waals surface area contributed by atoms with Gasteiger partial charge in [0, 0.05) is 10.8 Å². The Bertz CT molecular complexity index is 1050. The fourth-order valence-electron chi connectivity index (χ4n) is 3.12. The first-order valence-electron chi connectivity index (χ1n) is 9.69. The van der Waals surface area contributed by atoms with E-state index in [1.165, 1.54) is 28.8 Å². The van der Waals surface area contributed by atoms with Crippen LogP contribution in [0.1, 0.15) is 26.3 Å². The predicted molar refractivity (Wildman–Crippen MR) is 135 cm³/mol. The number of benzene rings is 2. The second kappa shape index (κ2) is 10.2. The highest BCUT2D eigenvalue weighted by atomic mass is 35.5. The van der Waals surface area contributed by atoms with E-state index in [2.05, 4.69) is 5.32 Å². The lowest BCUT2D eigenvalue weighted by molar-refractivity contribution is -0.136. The van der Waals surface area contributed by atoms with E-state index in [0.717, 1.165) is 5.56 Å². The van der Waals surface area contributed by atoms with E-state index in [4.69, 9.17) is 51.8 Å². The molecular formula is C22H21Cl3N2O3S2. The summed E-state index contributed by atoms with van der Waals surface area (Å²) in [5.74, 6) is -0.512. The van der Waals surface area contributed by atoms with Gasteiger partial charge in [0.2, 0.25) is 0 Å². The van der Waals surface area contributed by atoms with Gasteiger partial charge < -0.3 is 10.1 Å². The van der Waals surface area contributed by atoms with E-state index in [1.807, 2.05) is 44.2 Å². The van der Waals surface area contributed by atoms with Crippen LogP contribution in [-0.2, 0) is 16.1 Å². The van der Waals surface area contributed by atoms with E-state index in [-0.39, 0.29) is 26.7 Å². The van der Waals surface area contributed by atoms with Crippen LogP contribution >= 0.6 is 58.8 Å². The first-order valence-corrected chi connectivity index (χ1v) is 12.1. The third-order valence-electron chi connectivity index (χ3n) is 4.90. The molecule has 2 aromatic carbocycles. The van der Waals surface area contributed by atoms with E-state index in [1.54, 1.807) is 6.92 Å². The van der Waals surface area contributed by atoms with E-state index in [0.29, 0.717) is 10.9 Å². The summed E-state index contributed by atoms with van der Waals surface area (Å²) in [4.78, 5) is 27.8. The fourth-order valence-corrected chi connectivity index (χ4v) is 5.50. The highest BCUT2D eigenvalue weighted by Gasteiger charge is 2.46. The highest BCUT2D eigenvalue weighted by Crippen LogP contribution is 2.38. The normalized spacial score (nSPS) is 18.9. The number of thioether (sulfide) groups is 1. The third kappa shape index (κ3) is 5.69. The maximum absolute atomic E-state index is 13.3. The van der Waals surface area contributed by atoms with Crippen LogP contribution in [0.25, 0.3) is 0 Å². The Morgan fingerprint density at radius 3 is 2.47 bits per heavy atom. The Balaban J connectivity index is 1.74. The van der Waals surface area contributed by atoms with E-state index >= 15 is 0 Å². The van der Waals surface area contributed by atoms with Gasteiger partial charge in [0.05, 0.1) is 21.6 Å². The molecule has 0 aliphatic carbocycles. The van der Waals surface area contributed by atoms with Crippen LogP contribution in [-0.4, -0.2) is 37.9 Å². The van der Waals surface area contributed by atoms with Gasteiger partial charge in [-0.1, -0.05) is 89.1 Å². The number of ether oxygens (including phenoxy) is 1. The zero-order valence-electron chi connectivity index (χ0n) is 17.5. The van der Waals surface area contributed by atoms with Crippen molar-refractivity contribution in [2.75, 3.05) is 0 Å². The first kappa shape index (κ1) is 25.1. The molecule has 5 nitrogen and oxygen atoms in total. The van der Waals surface area contributed by atoms with Crippen molar-refractivity contribution in [3.63, 3.8) is 0 Å². The average Bonchev–Trinajstić information content (AvgIpc) is 2.72. The Morgan fingerprint density at radius 2 is 1.81 bits per heavy atom. The minimum absolute atomic E-state index is 0.221. The van der Waals surface area contributed by atoms with Crippen LogP contribution in [0.3, 0.4) is 0 Å². The quantitative estimate of drug-likeness (QED) is 0.381. The average molecular weight is 532 g/mol. The molecule has 2 atom stereocenters. The number of hydrogen-bond acceptors (Lipinski definition) is 5. The molecule has 1 fully saturated rings. The summed E-state index contributed by atoms with van der Waals surface area (Å²) in [6.07, 6.45) is -0.935. The molecule has 1 aliphatic heterocycles. The number of carbonyl (C=O) groups is 2. The van der Waals surface area contributed by atoms with Gasteiger partial charge in [-0.05, 0) is 32.4 Å². The Labute approximate surface area is 211 Å². The number of rotatable bonds is 6. The van der Waals surface area contributed by atoms with Crippen LogP contribution in [0.2, 0.25) is 15.1 Å². The predicted octanol–water partition coefficient (Wildman–Crippen LogP) is 5.74. The molecule has 1 N–H and O–H groups in total. The molecule has 0 spiro atoms. The van der Waals surface area contributed by atoms with Crippen LogP contribution in [0.15, 0.2) is 42.5 Å². The summed E-state index contributed by atoms with van der Waals surface area (Å²) in [6, 6.07) is 11.6. The maximum Gasteiger partial charge on any atom is 0.261 e. The smallest absolute Gasteiger partial charge is 0.261 e. The Kier molecular flexibility index (Phi) is 7.99. The topological polar surface area (TPSA) is 58.6 Å². The Hall–Kier alpha value is -1.51. The molecule has 1 saturated heterocycles. The van der Waals surface area contributed by atoms with Crippen LogP contribution < -0.4 is 10.1 Å². The van der Waals surface area contributed by atoms with Crippen LogP contribution in [0, 0.1) is 0 Å². The molecule has 170 valence electrons. The minimum Gasteiger partial charge on any atom is -0.479 e. The van der Waals surface area contributed by atoms with Gasteiger partial charge in [0.15, 0.2) is 6.10 Å². The summed E-state index contributed by atoms with van der Waals surface area (Å²) in [7, 11) is 0. The molecule has 10 heteroatoms. The van der Waals surface area contributed by atoms with Crippen molar-refractivity contribution in [3.8, 4) is 5.75 Å². The van der Waals surface area contributed by atoms with Gasteiger partial charge in [0.25, 0.3) is 11.8 Å². The minimum atomic E-state index is -0.935. The Morgan fingerprint density at radius 1 is 1.19 bits per heavy atom. The zero-order chi connectivity index (χ0) is 23.6. The molecule has 3 rings (SSSR count). The lowest BCUT2D eigenvalue weighted by atomic mass is 10.0. The number of amides is 2. The second-order valence-electron chi connectivity index (χ2n) is 7.78. The van der Waals surface area contributed by atoms with Gasteiger partial charge in [-0.25, -0.2) is 0 Å². The van der Waals surface area contributed by atoms with E-state index < -0.39 is 22.8 Å². The SMILES string of the molecule is CC(Oc1cc(Cl)c(Cl)cc1Cl)C(=O)NC1C(=O)N(Cc2ccccc2)C(=S)SC1(C)C. The number of nitrogens with one attached hydrogen (secondary N) is 1. The van der Waals surface area contributed by atoms with Crippen molar-refractivity contribution in [1.29, 1.82) is 0 Å². The monoisotopic (exact) mass is 530 g/mol. The van der Waals surface area contributed by atoms with Crippen LogP contribution in [0.4, 0.5) is 0 Å². The summed E-state index contributed by atoms with van der Waals surface area (Å²) >= 11 is 25.0. The molecule has 2 amide bonds. The summed E-state index contributed by atoms with van der Waals surface area (Å²) in [6.45, 7) is 5.63. The molecule has 2 aromatic rings. The summed E-state index contributed by atoms with van der Waals surface area (Å²) in [5, 5.41) is 3.58. The lowest BCUT2D eigenvalue weighted by Crippen LogP contribution is -2.63. The van der Waals surface area contributed by atoms with Crippen molar-refractivity contribution in [2.45, 2.75) is 44.2 Å². The van der Waals surface area contributed by atoms with Gasteiger partial charge in [-0.3, -0.25) is 14.5 Å². The summed E-state index contributed by atoms with van der Waals surface area (Å²) < 4.78 is 5.52. The molecule has 1 aliphatic rings. The molecule has 1 heterocycles. The lowest BCUT2D eigenvalue weighted by Gasteiger charge is -2.42. The first-order chi connectivity index (χ1) is 15.0. The molecule has 0 radical (unpaired) electrons.